The molecule has 0 rings (SSSR count). The number of carbonyl (C=O) groups is 1. The fourth-order valence-electron chi connectivity index (χ4n) is 1.25. The number of rotatable bonds is 7. The highest BCUT2D eigenvalue weighted by Crippen LogP contribution is 2.06. The fourth-order valence-corrected chi connectivity index (χ4v) is 1.25. The Morgan fingerprint density at radius 1 is 1.43 bits per heavy atom. The Morgan fingerprint density at radius 3 is 2.21 bits per heavy atom. The molecule has 0 amide bonds. The Morgan fingerprint density at radius 2 is 1.93 bits per heavy atom. The maximum atomic E-state index is 10.8. The van der Waals surface area contributed by atoms with E-state index in [2.05, 4.69) is 13.2 Å². The molecule has 0 bridgehead atoms. The van der Waals surface area contributed by atoms with Gasteiger partial charge in [-0.25, -0.2) is 0 Å². The Labute approximate surface area is 86.0 Å². The van der Waals surface area contributed by atoms with E-state index in [0.29, 0.717) is 13.1 Å². The summed E-state index contributed by atoms with van der Waals surface area (Å²) in [6.07, 6.45) is 4.16. The van der Waals surface area contributed by atoms with Gasteiger partial charge in [-0.05, 0) is 6.42 Å². The van der Waals surface area contributed by atoms with Gasteiger partial charge in [0.05, 0.1) is 0 Å². The van der Waals surface area contributed by atoms with Gasteiger partial charge in [-0.1, -0.05) is 19.1 Å². The largest absolute Gasteiger partial charge is 0.447 e. The van der Waals surface area contributed by atoms with Crippen LogP contribution in [0.15, 0.2) is 25.3 Å². The van der Waals surface area contributed by atoms with Crippen molar-refractivity contribution in [3.05, 3.63) is 25.3 Å². The summed E-state index contributed by atoms with van der Waals surface area (Å²) in [5.74, 6) is -0.255. The van der Waals surface area contributed by atoms with E-state index in [-0.39, 0.29) is 12.2 Å². The van der Waals surface area contributed by atoms with Crippen molar-refractivity contribution in [3.8, 4) is 0 Å². The minimum absolute atomic E-state index is 0.177. The number of ether oxygens (including phenoxy) is 1. The van der Waals surface area contributed by atoms with Gasteiger partial charge in [-0.2, -0.15) is 0 Å². The molecule has 0 heterocycles. The third-order valence-electron chi connectivity index (χ3n) is 1.79. The zero-order valence-corrected chi connectivity index (χ0v) is 9.03. The van der Waals surface area contributed by atoms with E-state index in [9.17, 15) is 4.79 Å². The molecule has 0 aliphatic heterocycles. The molecule has 3 nitrogen and oxygen atoms in total. The van der Waals surface area contributed by atoms with E-state index in [1.54, 1.807) is 12.2 Å². The topological polar surface area (TPSA) is 29.5 Å². The number of carbonyl (C=O) groups excluding carboxylic acids is 1. The summed E-state index contributed by atoms with van der Waals surface area (Å²) in [5.41, 5.74) is 0. The minimum Gasteiger partial charge on any atom is -0.447 e. The first-order chi connectivity index (χ1) is 6.65. The lowest BCUT2D eigenvalue weighted by atomic mass is 10.3. The minimum atomic E-state index is -0.255. The smallest absolute Gasteiger partial charge is 0.304 e. The lowest BCUT2D eigenvalue weighted by molar-refractivity contribution is -0.155. The SMILES string of the molecule is C=CCN(CC=C)C(CC)OC(C)=O. The Balaban J connectivity index is 4.30. The third kappa shape index (κ3) is 4.82. The fraction of sp³-hybridized carbons (Fsp3) is 0.545. The average Bonchev–Trinajstić information content (AvgIpc) is 2.13. The molecule has 0 aromatic heterocycles. The lowest BCUT2D eigenvalue weighted by Gasteiger charge is -2.28. The van der Waals surface area contributed by atoms with Crippen LogP contribution in [0.5, 0.6) is 0 Å². The predicted molar refractivity (Wildman–Crippen MR) is 57.8 cm³/mol. The van der Waals surface area contributed by atoms with Crippen LogP contribution in [0.25, 0.3) is 0 Å². The molecule has 0 N–H and O–H groups in total. The van der Waals surface area contributed by atoms with Crippen molar-refractivity contribution in [1.29, 1.82) is 0 Å². The van der Waals surface area contributed by atoms with E-state index < -0.39 is 0 Å². The van der Waals surface area contributed by atoms with Crippen molar-refractivity contribution in [2.75, 3.05) is 13.1 Å². The van der Waals surface area contributed by atoms with E-state index >= 15 is 0 Å². The molecule has 0 aliphatic carbocycles. The standard InChI is InChI=1S/C11H19NO2/c1-5-8-12(9-6-2)11(7-3)14-10(4)13/h5-6,11H,1-2,7-9H2,3-4H3. The molecular weight excluding hydrogens is 178 g/mol. The van der Waals surface area contributed by atoms with Gasteiger partial charge in [-0.15, -0.1) is 13.2 Å². The molecule has 1 unspecified atom stereocenters. The summed E-state index contributed by atoms with van der Waals surface area (Å²) >= 11 is 0. The Bertz CT molecular complexity index is 191. The third-order valence-corrected chi connectivity index (χ3v) is 1.79. The molecule has 0 radical (unpaired) electrons. The second kappa shape index (κ2) is 7.33. The predicted octanol–water partition coefficient (Wildman–Crippen LogP) is 1.96. The van der Waals surface area contributed by atoms with Gasteiger partial charge in [-0.3, -0.25) is 9.69 Å². The molecular formula is C11H19NO2. The average molecular weight is 197 g/mol. The first-order valence-corrected chi connectivity index (χ1v) is 4.78. The number of nitrogens with zero attached hydrogens (tertiary/aromatic N) is 1. The molecule has 0 saturated heterocycles. The van der Waals surface area contributed by atoms with Crippen molar-refractivity contribution in [2.45, 2.75) is 26.5 Å². The molecule has 80 valence electrons. The Kier molecular flexibility index (Phi) is 6.76. The van der Waals surface area contributed by atoms with Gasteiger partial charge in [0, 0.05) is 20.0 Å². The highest BCUT2D eigenvalue weighted by molar-refractivity contribution is 5.66. The molecule has 0 aromatic carbocycles. The van der Waals surface area contributed by atoms with Crippen LogP contribution in [0, 0.1) is 0 Å². The summed E-state index contributed by atoms with van der Waals surface area (Å²) in [7, 11) is 0. The van der Waals surface area contributed by atoms with E-state index in [0.717, 1.165) is 6.42 Å². The van der Waals surface area contributed by atoms with Crippen LogP contribution in [-0.4, -0.2) is 30.2 Å². The number of hydrogen-bond donors (Lipinski definition) is 0. The molecule has 0 saturated carbocycles. The second-order valence-corrected chi connectivity index (χ2v) is 3.00. The summed E-state index contributed by atoms with van der Waals surface area (Å²) < 4.78 is 5.16. The lowest BCUT2D eigenvalue weighted by Crippen LogP contribution is -2.38. The van der Waals surface area contributed by atoms with Crippen LogP contribution >= 0.6 is 0 Å². The van der Waals surface area contributed by atoms with Crippen molar-refractivity contribution in [2.24, 2.45) is 0 Å². The summed E-state index contributed by atoms with van der Waals surface area (Å²) in [6, 6.07) is 0. The van der Waals surface area contributed by atoms with E-state index in [1.807, 2.05) is 11.8 Å². The normalized spacial score (nSPS) is 12.2. The molecule has 14 heavy (non-hydrogen) atoms. The quantitative estimate of drug-likeness (QED) is 0.355. The van der Waals surface area contributed by atoms with Crippen LogP contribution in [0.1, 0.15) is 20.3 Å². The van der Waals surface area contributed by atoms with Gasteiger partial charge >= 0.3 is 5.97 Å². The first kappa shape index (κ1) is 12.9. The highest BCUT2D eigenvalue weighted by Gasteiger charge is 2.16. The second-order valence-electron chi connectivity index (χ2n) is 3.00. The zero-order valence-electron chi connectivity index (χ0n) is 9.03. The van der Waals surface area contributed by atoms with Crippen molar-refractivity contribution >= 4 is 5.97 Å². The van der Waals surface area contributed by atoms with Crippen LogP contribution in [0.2, 0.25) is 0 Å². The van der Waals surface area contributed by atoms with E-state index in [4.69, 9.17) is 4.74 Å². The van der Waals surface area contributed by atoms with Gasteiger partial charge in [0.1, 0.15) is 0 Å². The van der Waals surface area contributed by atoms with Crippen molar-refractivity contribution in [3.63, 3.8) is 0 Å². The number of hydrogen-bond acceptors (Lipinski definition) is 3. The molecule has 0 aromatic rings. The first-order valence-electron chi connectivity index (χ1n) is 4.78. The van der Waals surface area contributed by atoms with Gasteiger partial charge < -0.3 is 4.74 Å². The van der Waals surface area contributed by atoms with Gasteiger partial charge in [0.15, 0.2) is 6.23 Å². The van der Waals surface area contributed by atoms with Crippen LogP contribution in [0.3, 0.4) is 0 Å². The Hall–Kier alpha value is -1.09. The number of esters is 1. The molecule has 3 heteroatoms. The summed E-state index contributed by atoms with van der Waals surface area (Å²) in [4.78, 5) is 12.8. The summed E-state index contributed by atoms with van der Waals surface area (Å²) in [6.45, 7) is 12.1. The molecule has 0 aliphatic rings. The zero-order chi connectivity index (χ0) is 11.0. The van der Waals surface area contributed by atoms with Crippen molar-refractivity contribution < 1.29 is 9.53 Å². The maximum Gasteiger partial charge on any atom is 0.304 e. The van der Waals surface area contributed by atoms with Crippen LogP contribution in [0.4, 0.5) is 0 Å². The summed E-state index contributed by atoms with van der Waals surface area (Å²) in [5, 5.41) is 0. The molecule has 0 fully saturated rings. The van der Waals surface area contributed by atoms with Crippen LogP contribution in [-0.2, 0) is 9.53 Å². The maximum absolute atomic E-state index is 10.8. The molecule has 1 atom stereocenters. The van der Waals surface area contributed by atoms with E-state index in [1.165, 1.54) is 6.92 Å². The monoisotopic (exact) mass is 197 g/mol. The highest BCUT2D eigenvalue weighted by atomic mass is 16.6. The van der Waals surface area contributed by atoms with Crippen LogP contribution < -0.4 is 0 Å². The van der Waals surface area contributed by atoms with Gasteiger partial charge in [0.2, 0.25) is 0 Å². The molecule has 0 spiro atoms. The van der Waals surface area contributed by atoms with Gasteiger partial charge in [0.25, 0.3) is 0 Å². The van der Waals surface area contributed by atoms with Crippen molar-refractivity contribution in [1.82, 2.24) is 4.90 Å².